The van der Waals surface area contributed by atoms with Crippen molar-refractivity contribution in [3.8, 4) is 0 Å². The van der Waals surface area contributed by atoms with E-state index in [2.05, 4.69) is 16.4 Å². The average Bonchev–Trinajstić information content (AvgIpc) is 2.34. The maximum Gasteiger partial charge on any atom is 0.279 e. The molecule has 12 heavy (non-hydrogen) atoms. The van der Waals surface area contributed by atoms with Crippen LogP contribution in [0, 0.1) is 0 Å². The molecule has 0 aliphatic carbocycles. The Morgan fingerprint density at radius 3 is 3.08 bits per heavy atom. The van der Waals surface area contributed by atoms with Gasteiger partial charge in [-0.3, -0.25) is 0 Å². The number of rotatable bonds is 2. The van der Waals surface area contributed by atoms with E-state index in [1.807, 2.05) is 0 Å². The van der Waals surface area contributed by atoms with E-state index in [1.54, 1.807) is 13.0 Å². The van der Waals surface area contributed by atoms with Gasteiger partial charge < -0.3 is 10.3 Å². The van der Waals surface area contributed by atoms with E-state index in [-0.39, 0.29) is 5.88 Å². The van der Waals surface area contributed by atoms with Gasteiger partial charge in [0.2, 0.25) is 11.0 Å². The number of thiocarbonyl (C=S) groups is 1. The van der Waals surface area contributed by atoms with Crippen molar-refractivity contribution in [3.63, 3.8) is 0 Å². The molecular weight excluding hydrogens is 174 g/mol. The highest BCUT2D eigenvalue weighted by Crippen LogP contribution is 2.12. The van der Waals surface area contributed by atoms with Crippen LogP contribution in [-0.4, -0.2) is 10.3 Å². The second-order valence-electron chi connectivity index (χ2n) is 2.27. The Bertz CT molecular complexity index is 318. The van der Waals surface area contributed by atoms with Gasteiger partial charge in [0.15, 0.2) is 0 Å². The molecule has 4 nitrogen and oxygen atoms in total. The van der Waals surface area contributed by atoms with Crippen molar-refractivity contribution in [1.29, 1.82) is 0 Å². The van der Waals surface area contributed by atoms with Crippen LogP contribution in [0.1, 0.15) is 12.6 Å². The molecule has 0 spiro atoms. The third-order valence-electron chi connectivity index (χ3n) is 1.37. The minimum Gasteiger partial charge on any atom is -0.660 e. The Balaban J connectivity index is 3.11. The first kappa shape index (κ1) is 8.86. The largest absolute Gasteiger partial charge is 0.660 e. The first-order valence-corrected chi connectivity index (χ1v) is 3.82. The van der Waals surface area contributed by atoms with E-state index in [9.17, 15) is 0 Å². The predicted octanol–water partition coefficient (Wildman–Crippen LogP) is 1.57. The lowest BCUT2D eigenvalue weighted by molar-refractivity contribution is -0.637. The van der Waals surface area contributed by atoms with Gasteiger partial charge in [-0.2, -0.15) is 0 Å². The zero-order valence-electron chi connectivity index (χ0n) is 6.70. The van der Waals surface area contributed by atoms with Crippen LogP contribution in [0.2, 0.25) is 0 Å². The van der Waals surface area contributed by atoms with E-state index in [4.69, 9.17) is 18.0 Å². The lowest BCUT2D eigenvalue weighted by Crippen LogP contribution is -2.44. The van der Waals surface area contributed by atoms with Crippen LogP contribution in [0.15, 0.2) is 17.2 Å². The van der Waals surface area contributed by atoms with Gasteiger partial charge in [0.25, 0.3) is 4.99 Å². The summed E-state index contributed by atoms with van der Waals surface area (Å²) in [4.78, 5) is 0.564. The van der Waals surface area contributed by atoms with E-state index in [0.29, 0.717) is 17.1 Å². The van der Waals surface area contributed by atoms with Gasteiger partial charge in [0.05, 0.1) is 6.42 Å². The smallest absolute Gasteiger partial charge is 0.279 e. The zero-order chi connectivity index (χ0) is 9.14. The fourth-order valence-electron chi connectivity index (χ4n) is 0.843. The summed E-state index contributed by atoms with van der Waals surface area (Å²) in [6.45, 7) is 5.29. The number of hydrogen-bond acceptors (Lipinski definition) is 3. The summed E-state index contributed by atoms with van der Waals surface area (Å²) < 4.78 is 6.08. The summed E-state index contributed by atoms with van der Waals surface area (Å²) >= 11 is 4.90. The summed E-state index contributed by atoms with van der Waals surface area (Å²) in [5.41, 5.74) is 7.97. The van der Waals surface area contributed by atoms with Gasteiger partial charge >= 0.3 is 0 Å². The Kier molecular flexibility index (Phi) is 2.54. The molecule has 0 saturated carbocycles. The molecule has 1 rings (SSSR count). The lowest BCUT2D eigenvalue weighted by Gasteiger charge is -1.91. The van der Waals surface area contributed by atoms with Gasteiger partial charge in [-0.1, -0.05) is 6.08 Å². The molecule has 5 heteroatoms. The molecular formula is C7H9N3OS. The van der Waals surface area contributed by atoms with Gasteiger partial charge in [-0.25, -0.2) is 0 Å². The van der Waals surface area contributed by atoms with Crippen molar-refractivity contribution in [2.45, 2.75) is 13.3 Å². The monoisotopic (exact) mass is 183 g/mol. The molecule has 1 heterocycles. The molecule has 0 amide bonds. The van der Waals surface area contributed by atoms with Crippen LogP contribution >= 0.6 is 12.2 Å². The number of nitrogens with zero attached hydrogens (tertiary/aromatic N) is 2. The topological polar surface area (TPSA) is 53.7 Å². The second kappa shape index (κ2) is 3.44. The molecule has 64 valence electrons. The molecule has 0 unspecified atom stereocenters. The molecule has 1 aromatic rings. The Hall–Kier alpha value is -1.23. The van der Waals surface area contributed by atoms with E-state index in [0.717, 1.165) is 0 Å². The standard InChI is InChI=1S/C7H9N3OS/c1-3-4-6-7(8)11-9-10(6)5(2)12/h3H,1,4H2,2H3,(H-,8,9). The Morgan fingerprint density at radius 2 is 2.58 bits per heavy atom. The highest BCUT2D eigenvalue weighted by molar-refractivity contribution is 7.79. The molecule has 0 saturated heterocycles. The molecule has 0 fully saturated rings. The predicted molar refractivity (Wildman–Crippen MR) is 48.3 cm³/mol. The number of allylic oxidation sites excluding steroid dienone is 1. The fraction of sp³-hybridized carbons (Fsp3) is 0.286. The molecule has 0 bridgehead atoms. The first-order valence-electron chi connectivity index (χ1n) is 3.41. The van der Waals surface area contributed by atoms with Gasteiger partial charge in [-0.05, 0) is 16.9 Å². The Labute approximate surface area is 75.6 Å². The molecule has 0 radical (unpaired) electrons. The maximum absolute atomic E-state index is 7.33. The van der Waals surface area contributed by atoms with Crippen molar-refractivity contribution in [2.24, 2.45) is 0 Å². The fourth-order valence-corrected chi connectivity index (χ4v) is 0.987. The summed E-state index contributed by atoms with van der Waals surface area (Å²) in [6.07, 6.45) is 2.22. The van der Waals surface area contributed by atoms with Crippen molar-refractivity contribution in [2.75, 3.05) is 0 Å². The normalized spacial score (nSPS) is 9.75. The van der Waals surface area contributed by atoms with E-state index >= 15 is 0 Å². The summed E-state index contributed by atoms with van der Waals surface area (Å²) in [7, 11) is 0. The van der Waals surface area contributed by atoms with Gasteiger partial charge in [-0.15, -0.1) is 6.58 Å². The molecule has 0 aliphatic rings. The van der Waals surface area contributed by atoms with Crippen molar-refractivity contribution >= 4 is 23.1 Å². The summed E-state index contributed by atoms with van der Waals surface area (Å²) in [5, 5.41) is 3.60. The first-order chi connectivity index (χ1) is 5.66. The Morgan fingerprint density at radius 1 is 1.92 bits per heavy atom. The van der Waals surface area contributed by atoms with Crippen LogP contribution in [0.25, 0.3) is 5.73 Å². The average molecular weight is 183 g/mol. The van der Waals surface area contributed by atoms with Crippen LogP contribution in [0.3, 0.4) is 0 Å². The second-order valence-corrected chi connectivity index (χ2v) is 2.86. The zero-order valence-corrected chi connectivity index (χ0v) is 7.52. The van der Waals surface area contributed by atoms with Gasteiger partial charge in [0, 0.05) is 6.92 Å². The quantitative estimate of drug-likeness (QED) is 0.397. The molecule has 0 aromatic carbocycles. The minimum absolute atomic E-state index is 0.0408. The third-order valence-corrected chi connectivity index (χ3v) is 1.54. The number of aromatic nitrogens is 2. The summed E-state index contributed by atoms with van der Waals surface area (Å²) in [6, 6.07) is 0. The minimum atomic E-state index is 0.0408. The third kappa shape index (κ3) is 1.50. The lowest BCUT2D eigenvalue weighted by atomic mass is 10.3. The maximum atomic E-state index is 7.33. The van der Waals surface area contributed by atoms with Crippen molar-refractivity contribution in [3.05, 3.63) is 24.1 Å². The summed E-state index contributed by atoms with van der Waals surface area (Å²) in [5.74, 6) is 0.0408. The SMILES string of the molecule is C=CCc1c([NH-])on[n+]1C(C)=S. The molecule has 1 aromatic heterocycles. The van der Waals surface area contributed by atoms with Gasteiger partial charge in [0.1, 0.15) is 5.88 Å². The molecule has 1 N–H and O–H groups in total. The number of hydrogen-bond donors (Lipinski definition) is 0. The highest BCUT2D eigenvalue weighted by atomic mass is 32.1. The van der Waals surface area contributed by atoms with E-state index < -0.39 is 0 Å². The number of nitrogens with one attached hydrogen (secondary N) is 1. The van der Waals surface area contributed by atoms with Crippen LogP contribution in [0.4, 0.5) is 5.88 Å². The molecule has 0 atom stereocenters. The van der Waals surface area contributed by atoms with E-state index in [1.165, 1.54) is 4.68 Å². The van der Waals surface area contributed by atoms with Crippen LogP contribution < -0.4 is 4.68 Å². The van der Waals surface area contributed by atoms with Crippen molar-refractivity contribution < 1.29 is 9.20 Å². The van der Waals surface area contributed by atoms with Crippen LogP contribution in [-0.2, 0) is 6.42 Å². The van der Waals surface area contributed by atoms with Crippen molar-refractivity contribution in [1.82, 2.24) is 5.27 Å². The molecule has 0 aliphatic heterocycles. The van der Waals surface area contributed by atoms with Crippen LogP contribution in [0.5, 0.6) is 0 Å². The highest BCUT2D eigenvalue weighted by Gasteiger charge is 2.18.